The van der Waals surface area contributed by atoms with Crippen molar-refractivity contribution in [1.29, 1.82) is 0 Å². The van der Waals surface area contributed by atoms with Gasteiger partial charge < -0.3 is 20.4 Å². The van der Waals surface area contributed by atoms with Gasteiger partial charge in [-0.05, 0) is 75.1 Å². The third-order valence-electron chi connectivity index (χ3n) is 6.89. The molecule has 4 N–H and O–H groups in total. The zero-order valence-corrected chi connectivity index (χ0v) is 23.0. The molecule has 1 aromatic carbocycles. The Morgan fingerprint density at radius 2 is 1.98 bits per heavy atom. The van der Waals surface area contributed by atoms with Crippen molar-refractivity contribution >= 4 is 40.8 Å². The molecule has 0 saturated heterocycles. The molecule has 1 atom stereocenters. The van der Waals surface area contributed by atoms with Crippen molar-refractivity contribution < 1.29 is 19.1 Å². The lowest BCUT2D eigenvalue weighted by Crippen LogP contribution is -2.26. The van der Waals surface area contributed by atoms with Gasteiger partial charge in [-0.3, -0.25) is 29.4 Å². The zero-order chi connectivity index (χ0) is 28.9. The number of ether oxygens (including phenoxy) is 1. The van der Waals surface area contributed by atoms with Gasteiger partial charge in [0.1, 0.15) is 23.6 Å². The second kappa shape index (κ2) is 12.0. The highest BCUT2D eigenvalue weighted by molar-refractivity contribution is 6.04. The van der Waals surface area contributed by atoms with Gasteiger partial charge in [0.2, 0.25) is 17.8 Å². The van der Waals surface area contributed by atoms with Crippen LogP contribution in [0.4, 0.5) is 5.95 Å². The molecule has 0 spiro atoms. The molecule has 1 aliphatic heterocycles. The van der Waals surface area contributed by atoms with Crippen molar-refractivity contribution in [3.63, 3.8) is 0 Å². The summed E-state index contributed by atoms with van der Waals surface area (Å²) < 4.78 is 9.64. The molecule has 5 rings (SSSR count). The van der Waals surface area contributed by atoms with E-state index < -0.39 is 5.91 Å². The van der Waals surface area contributed by atoms with E-state index in [4.69, 9.17) is 10.5 Å². The third-order valence-corrected chi connectivity index (χ3v) is 6.89. The van der Waals surface area contributed by atoms with E-state index in [1.807, 2.05) is 30.5 Å². The number of carbonyl (C=O) groups excluding carboxylic acids is 3. The number of unbranched alkanes of at least 4 members (excludes halogenated alkanes) is 1. The van der Waals surface area contributed by atoms with E-state index in [2.05, 4.69) is 25.7 Å². The maximum atomic E-state index is 13.3. The number of hydrogen-bond donors (Lipinski definition) is 3. The Morgan fingerprint density at radius 3 is 2.73 bits per heavy atom. The zero-order valence-electron chi connectivity index (χ0n) is 23.0. The molecule has 1 aliphatic rings. The predicted octanol–water partition coefficient (Wildman–Crippen LogP) is 3.24. The van der Waals surface area contributed by atoms with E-state index in [9.17, 15) is 14.4 Å². The average molecular weight is 557 g/mol. The van der Waals surface area contributed by atoms with Gasteiger partial charge in [-0.25, -0.2) is 4.98 Å². The first-order valence-corrected chi connectivity index (χ1v) is 13.5. The fraction of sp³-hybridized carbons (Fsp3) is 0.310. The second-order valence-electron chi connectivity index (χ2n) is 9.82. The molecule has 1 unspecified atom stereocenters. The third kappa shape index (κ3) is 6.11. The molecule has 0 saturated carbocycles. The van der Waals surface area contributed by atoms with Crippen LogP contribution in [0, 0.1) is 6.92 Å². The maximum Gasteiger partial charge on any atom is 0.276 e. The predicted molar refractivity (Wildman–Crippen MR) is 154 cm³/mol. The number of benzene rings is 1. The molecular weight excluding hydrogens is 524 g/mol. The Labute approximate surface area is 236 Å². The number of pyridine rings is 1. The maximum absolute atomic E-state index is 13.3. The van der Waals surface area contributed by atoms with Gasteiger partial charge in [-0.2, -0.15) is 5.10 Å². The summed E-state index contributed by atoms with van der Waals surface area (Å²) in [6, 6.07) is 8.47. The summed E-state index contributed by atoms with van der Waals surface area (Å²) in [5, 5.41) is 10.2. The molecule has 0 aliphatic carbocycles. The van der Waals surface area contributed by atoms with Crippen LogP contribution in [0.5, 0.6) is 5.75 Å². The second-order valence-corrected chi connectivity index (χ2v) is 9.82. The number of nitrogens with two attached hydrogens (primary N) is 1. The topological polar surface area (TPSA) is 159 Å². The average Bonchev–Trinajstić information content (AvgIpc) is 3.54. The molecule has 0 radical (unpaired) electrons. The number of aryl methyl sites for hydroxylation is 2. The number of imidazole rings is 1. The molecule has 212 valence electrons. The van der Waals surface area contributed by atoms with E-state index in [-0.39, 0.29) is 23.4 Å². The summed E-state index contributed by atoms with van der Waals surface area (Å²) in [6.07, 6.45) is 8.87. The van der Waals surface area contributed by atoms with Gasteiger partial charge in [0.05, 0.1) is 17.3 Å². The van der Waals surface area contributed by atoms with Crippen LogP contribution in [0.2, 0.25) is 0 Å². The van der Waals surface area contributed by atoms with Gasteiger partial charge in [0, 0.05) is 37.1 Å². The highest BCUT2D eigenvalue weighted by Crippen LogP contribution is 2.38. The number of carbonyl (C=O) groups is 3. The van der Waals surface area contributed by atoms with Crippen LogP contribution in [0.3, 0.4) is 0 Å². The number of primary amides is 1. The van der Waals surface area contributed by atoms with Crippen molar-refractivity contribution in [2.75, 3.05) is 18.5 Å². The first-order valence-electron chi connectivity index (χ1n) is 13.5. The van der Waals surface area contributed by atoms with Gasteiger partial charge >= 0.3 is 0 Å². The minimum Gasteiger partial charge on any atom is -0.489 e. The molecule has 0 bridgehead atoms. The van der Waals surface area contributed by atoms with Crippen molar-refractivity contribution in [1.82, 2.24) is 29.6 Å². The van der Waals surface area contributed by atoms with Crippen LogP contribution in [0.25, 0.3) is 17.1 Å². The number of amides is 3. The highest BCUT2D eigenvalue weighted by atomic mass is 16.5. The molecule has 3 aromatic heterocycles. The van der Waals surface area contributed by atoms with Crippen molar-refractivity contribution in [3.8, 4) is 5.75 Å². The molecule has 12 nitrogen and oxygen atoms in total. The smallest absolute Gasteiger partial charge is 0.276 e. The number of aromatic nitrogens is 5. The van der Waals surface area contributed by atoms with Crippen LogP contribution in [0.15, 0.2) is 48.8 Å². The summed E-state index contributed by atoms with van der Waals surface area (Å²) in [5.74, 6) is -0.234. The van der Waals surface area contributed by atoms with Crippen LogP contribution < -0.4 is 21.1 Å². The molecule has 4 heterocycles. The number of nitrogens with one attached hydrogen (secondary N) is 2. The minimum absolute atomic E-state index is 0.123. The van der Waals surface area contributed by atoms with Gasteiger partial charge in [-0.1, -0.05) is 0 Å². The Hall–Kier alpha value is -5.00. The first kappa shape index (κ1) is 27.6. The van der Waals surface area contributed by atoms with Crippen LogP contribution in [-0.4, -0.2) is 55.2 Å². The lowest BCUT2D eigenvalue weighted by molar-refractivity contribution is -0.116. The SMILES string of the molecule is CCn1nc(C)cc1C(=O)Nc1nc2cc(C(N)=O)cc3c2n1C(CCCCNC(=O)/C=C/c1ccncc1)CO3. The Balaban J connectivity index is 1.29. The van der Waals surface area contributed by atoms with E-state index in [1.54, 1.807) is 41.4 Å². The lowest BCUT2D eigenvalue weighted by atomic mass is 10.1. The van der Waals surface area contributed by atoms with E-state index in [0.717, 1.165) is 30.5 Å². The number of nitrogens with zero attached hydrogens (tertiary/aromatic N) is 5. The quantitative estimate of drug-likeness (QED) is 0.189. The summed E-state index contributed by atoms with van der Waals surface area (Å²) in [5.41, 5.74) is 9.08. The Kier molecular flexibility index (Phi) is 8.09. The van der Waals surface area contributed by atoms with Crippen LogP contribution >= 0.6 is 0 Å². The molecule has 3 amide bonds. The molecule has 4 aromatic rings. The summed E-state index contributed by atoms with van der Waals surface area (Å²) >= 11 is 0. The molecule has 41 heavy (non-hydrogen) atoms. The van der Waals surface area contributed by atoms with Crippen LogP contribution in [-0.2, 0) is 11.3 Å². The monoisotopic (exact) mass is 556 g/mol. The van der Waals surface area contributed by atoms with E-state index in [0.29, 0.717) is 48.1 Å². The van der Waals surface area contributed by atoms with Crippen molar-refractivity contribution in [2.45, 2.75) is 45.7 Å². The molecular formula is C29H32N8O4. The van der Waals surface area contributed by atoms with Crippen molar-refractivity contribution in [2.24, 2.45) is 5.73 Å². The number of anilines is 1. The fourth-order valence-electron chi connectivity index (χ4n) is 4.92. The van der Waals surface area contributed by atoms with Crippen LogP contribution in [0.1, 0.15) is 64.3 Å². The largest absolute Gasteiger partial charge is 0.489 e. The van der Waals surface area contributed by atoms with E-state index >= 15 is 0 Å². The summed E-state index contributed by atoms with van der Waals surface area (Å²) in [7, 11) is 0. The summed E-state index contributed by atoms with van der Waals surface area (Å²) in [4.78, 5) is 46.0. The fourth-order valence-corrected chi connectivity index (χ4v) is 4.92. The number of rotatable bonds is 11. The highest BCUT2D eigenvalue weighted by Gasteiger charge is 2.29. The lowest BCUT2D eigenvalue weighted by Gasteiger charge is -2.27. The number of hydrogen-bond acceptors (Lipinski definition) is 7. The molecule has 12 heteroatoms. The Bertz CT molecular complexity index is 1620. The van der Waals surface area contributed by atoms with Crippen molar-refractivity contribution in [3.05, 3.63) is 71.3 Å². The Morgan fingerprint density at radius 1 is 1.17 bits per heavy atom. The van der Waals surface area contributed by atoms with Gasteiger partial charge in [0.15, 0.2) is 0 Å². The van der Waals surface area contributed by atoms with Gasteiger partial charge in [0.25, 0.3) is 5.91 Å². The normalized spacial score (nSPS) is 14.2. The molecule has 0 fully saturated rings. The van der Waals surface area contributed by atoms with E-state index in [1.165, 1.54) is 6.08 Å². The first-order chi connectivity index (χ1) is 19.8. The van der Waals surface area contributed by atoms with Gasteiger partial charge in [-0.15, -0.1) is 0 Å². The standard InChI is InChI=1S/C29H32N8O4/c1-3-36-23(14-18(2)35-36)28(40)34-29-33-22-15-20(27(30)39)16-24-26(22)37(29)21(17-41-24)6-4-5-11-32-25(38)8-7-19-9-12-31-13-10-19/h7-10,12-16,21H,3-6,11,17H2,1-2H3,(H2,30,39)(H,32,38)(H,33,34,40)/b8-7+. The summed E-state index contributed by atoms with van der Waals surface area (Å²) in [6.45, 7) is 5.15. The minimum atomic E-state index is -0.589.